The van der Waals surface area contributed by atoms with Crippen LogP contribution in [-0.2, 0) is 6.42 Å². The first kappa shape index (κ1) is 14.4. The second kappa shape index (κ2) is 5.97. The summed E-state index contributed by atoms with van der Waals surface area (Å²) in [5.74, 6) is -2.43. The van der Waals surface area contributed by atoms with Gasteiger partial charge in [-0.1, -0.05) is 11.3 Å². The van der Waals surface area contributed by atoms with Crippen molar-refractivity contribution in [3.8, 4) is 10.6 Å². The molecular formula is C11H10F2N4O2S. The highest BCUT2D eigenvalue weighted by Crippen LogP contribution is 2.33. The molecule has 106 valence electrons. The van der Waals surface area contributed by atoms with E-state index >= 15 is 0 Å². The summed E-state index contributed by atoms with van der Waals surface area (Å²) in [6.45, 7) is 0.486. The van der Waals surface area contributed by atoms with Gasteiger partial charge in [-0.2, -0.15) is 0 Å². The molecule has 0 aliphatic rings. The van der Waals surface area contributed by atoms with E-state index in [2.05, 4.69) is 10.2 Å². The largest absolute Gasteiger partial charge is 0.330 e. The Morgan fingerprint density at radius 2 is 2.00 bits per heavy atom. The number of benzene rings is 1. The summed E-state index contributed by atoms with van der Waals surface area (Å²) >= 11 is 1.10. The van der Waals surface area contributed by atoms with Crippen molar-refractivity contribution in [2.24, 2.45) is 5.73 Å². The highest BCUT2D eigenvalue weighted by molar-refractivity contribution is 7.14. The molecule has 1 heterocycles. The van der Waals surface area contributed by atoms with Gasteiger partial charge in [-0.25, -0.2) is 8.78 Å². The summed E-state index contributed by atoms with van der Waals surface area (Å²) in [5, 5.41) is 19.4. The van der Waals surface area contributed by atoms with E-state index in [0.29, 0.717) is 30.5 Å². The van der Waals surface area contributed by atoms with Gasteiger partial charge in [0.25, 0.3) is 5.69 Å². The van der Waals surface area contributed by atoms with Crippen LogP contribution in [0.1, 0.15) is 11.4 Å². The van der Waals surface area contributed by atoms with E-state index in [1.807, 2.05) is 0 Å². The molecule has 2 N–H and O–H groups in total. The molecule has 0 aliphatic heterocycles. The number of nitro groups is 1. The van der Waals surface area contributed by atoms with Crippen molar-refractivity contribution < 1.29 is 13.7 Å². The van der Waals surface area contributed by atoms with E-state index in [-0.39, 0.29) is 10.6 Å². The highest BCUT2D eigenvalue weighted by atomic mass is 32.1. The Hall–Kier alpha value is -2.00. The number of nitrogens with two attached hydrogens (primary N) is 1. The van der Waals surface area contributed by atoms with Gasteiger partial charge >= 0.3 is 0 Å². The third kappa shape index (κ3) is 2.94. The zero-order chi connectivity index (χ0) is 14.7. The first-order valence-electron chi connectivity index (χ1n) is 5.69. The molecule has 0 bridgehead atoms. The van der Waals surface area contributed by atoms with Crippen LogP contribution < -0.4 is 5.73 Å². The number of aromatic nitrogens is 2. The van der Waals surface area contributed by atoms with E-state index in [9.17, 15) is 18.9 Å². The van der Waals surface area contributed by atoms with Gasteiger partial charge in [0.2, 0.25) is 0 Å². The predicted octanol–water partition coefficient (Wildman–Crippen LogP) is 2.28. The molecule has 0 atom stereocenters. The lowest BCUT2D eigenvalue weighted by Crippen LogP contribution is -1.99. The Kier molecular flexibility index (Phi) is 4.30. The van der Waals surface area contributed by atoms with Gasteiger partial charge in [0.15, 0.2) is 16.6 Å². The standard InChI is InChI=1S/C11H10F2N4O2S/c12-7-4-6(9(17(18)19)5-8(7)13)11-16-15-10(20-11)2-1-3-14/h4-5H,1-3,14H2. The zero-order valence-corrected chi connectivity index (χ0v) is 11.0. The van der Waals surface area contributed by atoms with Crippen LogP contribution in [0.5, 0.6) is 0 Å². The molecule has 0 radical (unpaired) electrons. The van der Waals surface area contributed by atoms with Gasteiger partial charge < -0.3 is 5.73 Å². The minimum Gasteiger partial charge on any atom is -0.330 e. The second-order valence-corrected chi connectivity index (χ2v) is 5.00. The highest BCUT2D eigenvalue weighted by Gasteiger charge is 2.22. The molecule has 0 saturated heterocycles. The maximum absolute atomic E-state index is 13.3. The van der Waals surface area contributed by atoms with Crippen LogP contribution in [0.15, 0.2) is 12.1 Å². The number of rotatable bonds is 5. The van der Waals surface area contributed by atoms with Crippen LogP contribution in [0.4, 0.5) is 14.5 Å². The molecule has 0 amide bonds. The van der Waals surface area contributed by atoms with E-state index in [4.69, 9.17) is 5.73 Å². The monoisotopic (exact) mass is 300 g/mol. The fourth-order valence-electron chi connectivity index (χ4n) is 1.58. The molecule has 0 aliphatic carbocycles. The summed E-state index contributed by atoms with van der Waals surface area (Å²) in [6, 6.07) is 1.31. The molecule has 0 unspecified atom stereocenters. The van der Waals surface area contributed by atoms with Crippen molar-refractivity contribution in [1.29, 1.82) is 0 Å². The second-order valence-electron chi connectivity index (χ2n) is 3.93. The molecule has 2 rings (SSSR count). The third-order valence-electron chi connectivity index (χ3n) is 2.53. The molecule has 1 aromatic carbocycles. The lowest BCUT2D eigenvalue weighted by atomic mass is 10.2. The van der Waals surface area contributed by atoms with Crippen molar-refractivity contribution in [2.75, 3.05) is 6.54 Å². The average molecular weight is 300 g/mol. The van der Waals surface area contributed by atoms with Gasteiger partial charge in [0.1, 0.15) is 5.01 Å². The Balaban J connectivity index is 2.43. The lowest BCUT2D eigenvalue weighted by Gasteiger charge is -2.00. The van der Waals surface area contributed by atoms with Crippen molar-refractivity contribution in [2.45, 2.75) is 12.8 Å². The number of halogens is 2. The maximum atomic E-state index is 13.3. The third-order valence-corrected chi connectivity index (χ3v) is 3.54. The van der Waals surface area contributed by atoms with E-state index in [1.54, 1.807) is 0 Å². The van der Waals surface area contributed by atoms with Crippen molar-refractivity contribution in [1.82, 2.24) is 10.2 Å². The first-order chi connectivity index (χ1) is 9.52. The van der Waals surface area contributed by atoms with E-state index < -0.39 is 22.2 Å². The van der Waals surface area contributed by atoms with Crippen molar-refractivity contribution in [3.05, 3.63) is 38.9 Å². The number of nitro benzene ring substituents is 1. The van der Waals surface area contributed by atoms with Gasteiger partial charge in [-0.05, 0) is 19.0 Å². The summed E-state index contributed by atoms with van der Waals surface area (Å²) in [6.07, 6.45) is 1.29. The summed E-state index contributed by atoms with van der Waals surface area (Å²) in [5.41, 5.74) is 4.76. The fourth-order valence-corrected chi connectivity index (χ4v) is 2.48. The zero-order valence-electron chi connectivity index (χ0n) is 10.2. The van der Waals surface area contributed by atoms with Crippen LogP contribution in [0.25, 0.3) is 10.6 Å². The van der Waals surface area contributed by atoms with Crippen LogP contribution >= 0.6 is 11.3 Å². The Bertz CT molecular complexity index is 647. The van der Waals surface area contributed by atoms with Crippen LogP contribution in [0, 0.1) is 21.7 Å². The minimum absolute atomic E-state index is 0.0783. The molecule has 6 nitrogen and oxygen atoms in total. The molecule has 2 aromatic rings. The molecule has 0 fully saturated rings. The van der Waals surface area contributed by atoms with Gasteiger partial charge in [-0.3, -0.25) is 10.1 Å². The Morgan fingerprint density at radius 1 is 1.30 bits per heavy atom. The first-order valence-corrected chi connectivity index (χ1v) is 6.51. The number of hydrogen-bond acceptors (Lipinski definition) is 6. The quantitative estimate of drug-likeness (QED) is 0.675. The van der Waals surface area contributed by atoms with Crippen molar-refractivity contribution in [3.63, 3.8) is 0 Å². The maximum Gasteiger partial charge on any atom is 0.282 e. The Morgan fingerprint density at radius 3 is 2.65 bits per heavy atom. The average Bonchev–Trinajstić information content (AvgIpc) is 2.87. The fraction of sp³-hybridized carbons (Fsp3) is 0.273. The normalized spacial score (nSPS) is 10.8. The summed E-state index contributed by atoms with van der Waals surface area (Å²) < 4.78 is 26.3. The van der Waals surface area contributed by atoms with Crippen molar-refractivity contribution >= 4 is 17.0 Å². The van der Waals surface area contributed by atoms with Gasteiger partial charge in [0.05, 0.1) is 16.6 Å². The van der Waals surface area contributed by atoms with Crippen LogP contribution in [-0.4, -0.2) is 21.7 Å². The number of nitrogens with zero attached hydrogens (tertiary/aromatic N) is 3. The topological polar surface area (TPSA) is 94.9 Å². The molecular weight excluding hydrogens is 290 g/mol. The van der Waals surface area contributed by atoms with E-state index in [1.165, 1.54) is 0 Å². The molecule has 20 heavy (non-hydrogen) atoms. The summed E-state index contributed by atoms with van der Waals surface area (Å²) in [4.78, 5) is 10.1. The molecule has 0 spiro atoms. The smallest absolute Gasteiger partial charge is 0.282 e. The van der Waals surface area contributed by atoms with Gasteiger partial charge in [-0.15, -0.1) is 10.2 Å². The SMILES string of the molecule is NCCCc1nnc(-c2cc(F)c(F)cc2[N+](=O)[O-])s1. The van der Waals surface area contributed by atoms with Gasteiger partial charge in [0, 0.05) is 6.42 Å². The number of aryl methyl sites for hydroxylation is 1. The lowest BCUT2D eigenvalue weighted by molar-refractivity contribution is -0.384. The minimum atomic E-state index is -1.27. The van der Waals surface area contributed by atoms with Crippen LogP contribution in [0.3, 0.4) is 0 Å². The van der Waals surface area contributed by atoms with E-state index in [0.717, 1.165) is 17.4 Å². The molecule has 9 heteroatoms. The molecule has 0 saturated carbocycles. The number of hydrogen-bond donors (Lipinski definition) is 1. The van der Waals surface area contributed by atoms with Crippen LogP contribution in [0.2, 0.25) is 0 Å². The summed E-state index contributed by atoms with van der Waals surface area (Å²) in [7, 11) is 0. The predicted molar refractivity (Wildman–Crippen MR) is 69.3 cm³/mol. The molecule has 1 aromatic heterocycles. The Labute approximate surface area is 116 Å².